The second-order valence-electron chi connectivity index (χ2n) is 5.41. The summed E-state index contributed by atoms with van der Waals surface area (Å²) in [6.45, 7) is 6.87. The van der Waals surface area contributed by atoms with Crippen LogP contribution in [0, 0.1) is 0 Å². The lowest BCUT2D eigenvalue weighted by Gasteiger charge is -2.10. The lowest BCUT2D eigenvalue weighted by atomic mass is 10.2. The van der Waals surface area contributed by atoms with Gasteiger partial charge in [-0.05, 0) is 36.8 Å². The minimum atomic E-state index is 0.410. The predicted molar refractivity (Wildman–Crippen MR) is 97.7 cm³/mol. The highest BCUT2D eigenvalue weighted by Crippen LogP contribution is 2.30. The van der Waals surface area contributed by atoms with Crippen molar-refractivity contribution in [2.24, 2.45) is 10.7 Å². The Hall–Kier alpha value is -2.95. The van der Waals surface area contributed by atoms with Gasteiger partial charge in [0.25, 0.3) is 0 Å². The van der Waals surface area contributed by atoms with Crippen molar-refractivity contribution in [3.05, 3.63) is 66.2 Å². The Bertz CT molecular complexity index is 709. The van der Waals surface area contributed by atoms with Crippen LogP contribution >= 0.6 is 0 Å². The first kappa shape index (κ1) is 17.4. The molecule has 0 aromatic heterocycles. The summed E-state index contributed by atoms with van der Waals surface area (Å²) in [6.07, 6.45) is 0. The van der Waals surface area contributed by atoms with E-state index >= 15 is 0 Å². The molecule has 0 aliphatic rings. The molecule has 0 unspecified atom stereocenters. The Balaban J connectivity index is 1.95. The highest BCUT2D eigenvalue weighted by Gasteiger charge is 2.04. The summed E-state index contributed by atoms with van der Waals surface area (Å²) in [7, 11) is 1.62. The second-order valence-corrected chi connectivity index (χ2v) is 5.41. The Morgan fingerprint density at radius 2 is 1.79 bits per heavy atom. The van der Waals surface area contributed by atoms with Gasteiger partial charge >= 0.3 is 0 Å². The number of guanidine groups is 1. The molecule has 0 radical (unpaired) electrons. The monoisotopic (exact) mass is 325 g/mol. The van der Waals surface area contributed by atoms with Crippen LogP contribution in [-0.4, -0.2) is 19.6 Å². The number of nitrogens with two attached hydrogens (primary N) is 1. The van der Waals surface area contributed by atoms with Crippen LogP contribution in [-0.2, 0) is 6.54 Å². The number of methoxy groups -OCH3 is 1. The molecule has 0 bridgehead atoms. The van der Waals surface area contributed by atoms with E-state index in [1.54, 1.807) is 7.11 Å². The molecule has 0 saturated carbocycles. The maximum absolute atomic E-state index is 5.84. The molecule has 0 aliphatic carbocycles. The summed E-state index contributed by atoms with van der Waals surface area (Å²) in [4.78, 5) is 4.29. The zero-order chi connectivity index (χ0) is 17.4. The SMILES string of the molecule is C=C(C)CNC(N)=NCc1ccc(Oc2ccccc2OC)cc1. The van der Waals surface area contributed by atoms with E-state index in [0.717, 1.165) is 16.9 Å². The highest BCUT2D eigenvalue weighted by molar-refractivity contribution is 5.78. The van der Waals surface area contributed by atoms with Gasteiger partial charge in [0.05, 0.1) is 13.7 Å². The molecular formula is C19H23N3O2. The summed E-state index contributed by atoms with van der Waals surface area (Å²) < 4.78 is 11.1. The van der Waals surface area contributed by atoms with Crippen LogP contribution in [0.3, 0.4) is 0 Å². The van der Waals surface area contributed by atoms with E-state index in [1.165, 1.54) is 0 Å². The number of benzene rings is 2. The van der Waals surface area contributed by atoms with Gasteiger partial charge in [0, 0.05) is 6.54 Å². The Kier molecular flexibility index (Phi) is 6.25. The van der Waals surface area contributed by atoms with Crippen molar-refractivity contribution in [3.63, 3.8) is 0 Å². The fourth-order valence-corrected chi connectivity index (χ4v) is 1.97. The molecule has 0 amide bonds. The lowest BCUT2D eigenvalue weighted by molar-refractivity contribution is 0.379. The van der Waals surface area contributed by atoms with Crippen LogP contribution in [0.25, 0.3) is 0 Å². The number of hydrogen-bond acceptors (Lipinski definition) is 3. The van der Waals surface area contributed by atoms with E-state index in [1.807, 2.05) is 55.5 Å². The van der Waals surface area contributed by atoms with Gasteiger partial charge in [-0.25, -0.2) is 4.99 Å². The number of nitrogens with one attached hydrogen (secondary N) is 1. The summed E-state index contributed by atoms with van der Waals surface area (Å²) >= 11 is 0. The molecule has 0 aliphatic heterocycles. The molecule has 0 atom stereocenters. The number of para-hydroxylation sites is 2. The molecule has 5 nitrogen and oxygen atoms in total. The smallest absolute Gasteiger partial charge is 0.189 e. The molecule has 2 aromatic rings. The number of rotatable bonds is 7. The van der Waals surface area contributed by atoms with Crippen molar-refractivity contribution in [1.82, 2.24) is 5.32 Å². The Morgan fingerprint density at radius 3 is 2.42 bits per heavy atom. The van der Waals surface area contributed by atoms with Gasteiger partial charge in [-0.2, -0.15) is 0 Å². The standard InChI is InChI=1S/C19H23N3O2/c1-14(2)12-21-19(20)22-13-15-8-10-16(11-9-15)24-18-7-5-4-6-17(18)23-3/h4-11H,1,12-13H2,2-3H3,(H3,20,21,22). The van der Waals surface area contributed by atoms with Crippen molar-refractivity contribution < 1.29 is 9.47 Å². The molecule has 2 rings (SSSR count). The van der Waals surface area contributed by atoms with Gasteiger partial charge in [0.15, 0.2) is 17.5 Å². The fraction of sp³-hybridized carbons (Fsp3) is 0.211. The third-order valence-electron chi connectivity index (χ3n) is 3.22. The second kappa shape index (κ2) is 8.62. The van der Waals surface area contributed by atoms with E-state index in [2.05, 4.69) is 16.9 Å². The van der Waals surface area contributed by atoms with Crippen LogP contribution in [0.5, 0.6) is 17.2 Å². The first-order valence-electron chi connectivity index (χ1n) is 7.66. The third kappa shape index (κ3) is 5.35. The lowest BCUT2D eigenvalue weighted by Crippen LogP contribution is -2.32. The average Bonchev–Trinajstić information content (AvgIpc) is 2.60. The molecule has 24 heavy (non-hydrogen) atoms. The predicted octanol–water partition coefficient (Wildman–Crippen LogP) is 3.47. The molecular weight excluding hydrogens is 302 g/mol. The molecule has 0 saturated heterocycles. The summed E-state index contributed by atoms with van der Waals surface area (Å²) in [5.74, 6) is 2.52. The summed E-state index contributed by atoms with van der Waals surface area (Å²) in [5, 5.41) is 3.00. The maximum atomic E-state index is 5.84. The van der Waals surface area contributed by atoms with Crippen molar-refractivity contribution >= 4 is 5.96 Å². The minimum Gasteiger partial charge on any atom is -0.493 e. The van der Waals surface area contributed by atoms with E-state index in [9.17, 15) is 0 Å². The van der Waals surface area contributed by atoms with Crippen molar-refractivity contribution in [1.29, 1.82) is 0 Å². The minimum absolute atomic E-state index is 0.410. The quantitative estimate of drug-likeness (QED) is 0.465. The maximum Gasteiger partial charge on any atom is 0.189 e. The van der Waals surface area contributed by atoms with Crippen LogP contribution in [0.2, 0.25) is 0 Å². The fourth-order valence-electron chi connectivity index (χ4n) is 1.97. The Morgan fingerprint density at radius 1 is 1.12 bits per heavy atom. The van der Waals surface area contributed by atoms with Gasteiger partial charge in [-0.3, -0.25) is 0 Å². The molecule has 0 fully saturated rings. The number of nitrogens with zero attached hydrogens (tertiary/aromatic N) is 1. The molecule has 5 heteroatoms. The van der Waals surface area contributed by atoms with E-state index < -0.39 is 0 Å². The van der Waals surface area contributed by atoms with E-state index in [0.29, 0.717) is 30.5 Å². The van der Waals surface area contributed by atoms with E-state index in [4.69, 9.17) is 15.2 Å². The molecule has 2 aromatic carbocycles. The number of aliphatic imine (C=N–C) groups is 1. The van der Waals surface area contributed by atoms with Gasteiger partial charge in [-0.1, -0.05) is 36.4 Å². The third-order valence-corrected chi connectivity index (χ3v) is 3.22. The summed E-state index contributed by atoms with van der Waals surface area (Å²) in [6, 6.07) is 15.2. The van der Waals surface area contributed by atoms with Crippen LogP contribution < -0.4 is 20.5 Å². The zero-order valence-corrected chi connectivity index (χ0v) is 14.1. The van der Waals surface area contributed by atoms with Crippen molar-refractivity contribution in [3.8, 4) is 17.2 Å². The number of ether oxygens (including phenoxy) is 2. The van der Waals surface area contributed by atoms with Gasteiger partial charge in [0.1, 0.15) is 5.75 Å². The van der Waals surface area contributed by atoms with Crippen LogP contribution in [0.15, 0.2) is 65.7 Å². The largest absolute Gasteiger partial charge is 0.493 e. The molecule has 3 N–H and O–H groups in total. The van der Waals surface area contributed by atoms with E-state index in [-0.39, 0.29) is 0 Å². The highest BCUT2D eigenvalue weighted by atomic mass is 16.5. The molecule has 126 valence electrons. The van der Waals surface area contributed by atoms with Crippen molar-refractivity contribution in [2.45, 2.75) is 13.5 Å². The van der Waals surface area contributed by atoms with Crippen LogP contribution in [0.1, 0.15) is 12.5 Å². The molecule has 0 spiro atoms. The number of hydrogen-bond donors (Lipinski definition) is 2. The summed E-state index contributed by atoms with van der Waals surface area (Å²) in [5.41, 5.74) is 7.84. The molecule has 0 heterocycles. The van der Waals surface area contributed by atoms with Gasteiger partial charge in [0.2, 0.25) is 0 Å². The normalized spacial score (nSPS) is 11.0. The first-order valence-corrected chi connectivity index (χ1v) is 7.66. The first-order chi connectivity index (χ1) is 11.6. The zero-order valence-electron chi connectivity index (χ0n) is 14.1. The van der Waals surface area contributed by atoms with Gasteiger partial charge < -0.3 is 20.5 Å². The van der Waals surface area contributed by atoms with Crippen LogP contribution in [0.4, 0.5) is 0 Å². The van der Waals surface area contributed by atoms with Gasteiger partial charge in [-0.15, -0.1) is 0 Å². The average molecular weight is 325 g/mol. The topological polar surface area (TPSA) is 68.9 Å². The Labute approximate surface area is 142 Å². The van der Waals surface area contributed by atoms with Crippen molar-refractivity contribution in [2.75, 3.05) is 13.7 Å².